The first kappa shape index (κ1) is 11.3. The molecule has 78 valence electrons. The molecule has 1 atom stereocenters. The van der Waals surface area contributed by atoms with E-state index >= 15 is 0 Å². The first-order chi connectivity index (χ1) is 6.60. The van der Waals surface area contributed by atoms with Gasteiger partial charge in [-0.15, -0.1) is 0 Å². The number of rotatable bonds is 3. The van der Waals surface area contributed by atoms with Crippen molar-refractivity contribution >= 4 is 11.6 Å². The lowest BCUT2D eigenvalue weighted by Gasteiger charge is -2.15. The van der Waals surface area contributed by atoms with Gasteiger partial charge in [0.15, 0.2) is 0 Å². The molecule has 0 aromatic heterocycles. The van der Waals surface area contributed by atoms with Crippen molar-refractivity contribution in [2.75, 3.05) is 13.7 Å². The van der Waals surface area contributed by atoms with Crippen molar-refractivity contribution in [2.45, 2.75) is 19.8 Å². The average molecular weight is 215 g/mol. The SMILES string of the molecule is COc1cc(C)c(Cl)cc1C(C)CO. The molecule has 1 unspecified atom stereocenters. The molecule has 0 saturated heterocycles. The van der Waals surface area contributed by atoms with Crippen molar-refractivity contribution in [1.82, 2.24) is 0 Å². The van der Waals surface area contributed by atoms with Gasteiger partial charge >= 0.3 is 0 Å². The minimum atomic E-state index is 0.0445. The van der Waals surface area contributed by atoms with Crippen molar-refractivity contribution in [3.63, 3.8) is 0 Å². The summed E-state index contributed by atoms with van der Waals surface area (Å²) in [6, 6.07) is 3.75. The molecule has 2 nitrogen and oxygen atoms in total. The van der Waals surface area contributed by atoms with Crippen LogP contribution in [0.3, 0.4) is 0 Å². The van der Waals surface area contributed by atoms with Crippen LogP contribution in [0.25, 0.3) is 0 Å². The van der Waals surface area contributed by atoms with Crippen molar-refractivity contribution in [3.05, 3.63) is 28.3 Å². The number of aryl methyl sites for hydroxylation is 1. The number of aliphatic hydroxyl groups is 1. The lowest BCUT2D eigenvalue weighted by molar-refractivity contribution is 0.269. The quantitative estimate of drug-likeness (QED) is 0.839. The van der Waals surface area contributed by atoms with E-state index in [1.807, 2.05) is 26.0 Å². The maximum Gasteiger partial charge on any atom is 0.122 e. The number of benzene rings is 1. The third kappa shape index (κ3) is 2.20. The minimum Gasteiger partial charge on any atom is -0.496 e. The summed E-state index contributed by atoms with van der Waals surface area (Å²) in [5.74, 6) is 0.830. The summed E-state index contributed by atoms with van der Waals surface area (Å²) >= 11 is 6.01. The molecule has 0 radical (unpaired) electrons. The van der Waals surface area contributed by atoms with Crippen molar-refractivity contribution < 1.29 is 9.84 Å². The van der Waals surface area contributed by atoms with Gasteiger partial charge in [-0.1, -0.05) is 18.5 Å². The molecule has 0 aliphatic heterocycles. The van der Waals surface area contributed by atoms with E-state index in [0.717, 1.165) is 16.9 Å². The summed E-state index contributed by atoms with van der Waals surface area (Å²) < 4.78 is 5.23. The van der Waals surface area contributed by atoms with Crippen LogP contribution in [0.4, 0.5) is 0 Å². The van der Waals surface area contributed by atoms with Gasteiger partial charge in [-0.2, -0.15) is 0 Å². The van der Waals surface area contributed by atoms with Gasteiger partial charge in [-0.25, -0.2) is 0 Å². The Labute approximate surface area is 89.5 Å². The van der Waals surface area contributed by atoms with E-state index in [1.54, 1.807) is 7.11 Å². The molecular weight excluding hydrogens is 200 g/mol. The molecule has 0 bridgehead atoms. The number of ether oxygens (including phenoxy) is 1. The van der Waals surface area contributed by atoms with Crippen LogP contribution in [0, 0.1) is 6.92 Å². The molecule has 0 amide bonds. The van der Waals surface area contributed by atoms with Gasteiger partial charge in [0.25, 0.3) is 0 Å². The summed E-state index contributed by atoms with van der Waals surface area (Å²) in [6.45, 7) is 3.96. The first-order valence-electron chi connectivity index (χ1n) is 4.55. The summed E-state index contributed by atoms with van der Waals surface area (Å²) in [5, 5.41) is 9.78. The molecule has 14 heavy (non-hydrogen) atoms. The molecular formula is C11H15ClO2. The second kappa shape index (κ2) is 4.67. The van der Waals surface area contributed by atoms with Gasteiger partial charge in [0, 0.05) is 23.1 Å². The average Bonchev–Trinajstić information content (AvgIpc) is 2.20. The lowest BCUT2D eigenvalue weighted by Crippen LogP contribution is -2.02. The number of hydrogen-bond acceptors (Lipinski definition) is 2. The van der Waals surface area contributed by atoms with Crippen LogP contribution in [0.1, 0.15) is 24.0 Å². The molecule has 1 aromatic rings. The van der Waals surface area contributed by atoms with Crippen LogP contribution in [0.2, 0.25) is 5.02 Å². The van der Waals surface area contributed by atoms with Gasteiger partial charge in [0.2, 0.25) is 0 Å². The molecule has 0 aliphatic carbocycles. The zero-order chi connectivity index (χ0) is 10.7. The zero-order valence-electron chi connectivity index (χ0n) is 8.67. The maximum absolute atomic E-state index is 9.07. The summed E-state index contributed by atoms with van der Waals surface area (Å²) in [5.41, 5.74) is 1.93. The molecule has 3 heteroatoms. The Morgan fingerprint density at radius 1 is 1.50 bits per heavy atom. The van der Waals surface area contributed by atoms with Crippen LogP contribution in [0.5, 0.6) is 5.75 Å². The third-order valence-corrected chi connectivity index (χ3v) is 2.72. The second-order valence-electron chi connectivity index (χ2n) is 3.43. The van der Waals surface area contributed by atoms with Crippen molar-refractivity contribution in [3.8, 4) is 5.75 Å². The normalized spacial score (nSPS) is 12.6. The molecule has 1 N–H and O–H groups in total. The molecule has 1 rings (SSSR count). The fraction of sp³-hybridized carbons (Fsp3) is 0.455. The molecule has 0 heterocycles. The van der Waals surface area contributed by atoms with Crippen LogP contribution in [0.15, 0.2) is 12.1 Å². The second-order valence-corrected chi connectivity index (χ2v) is 3.83. The predicted octanol–water partition coefficient (Wildman–Crippen LogP) is 2.75. The fourth-order valence-corrected chi connectivity index (χ4v) is 1.50. The van der Waals surface area contributed by atoms with Gasteiger partial charge < -0.3 is 9.84 Å². The molecule has 1 aromatic carbocycles. The summed E-state index contributed by atoms with van der Waals surface area (Å²) in [6.07, 6.45) is 0. The standard InChI is InChI=1S/C11H15ClO2/c1-7-4-11(14-3)9(5-10(7)12)8(2)6-13/h4-5,8,13H,6H2,1-3H3. The van der Waals surface area contributed by atoms with Crippen LogP contribution in [-0.2, 0) is 0 Å². The lowest BCUT2D eigenvalue weighted by atomic mass is 9.99. The predicted molar refractivity (Wildman–Crippen MR) is 58.2 cm³/mol. The van der Waals surface area contributed by atoms with E-state index < -0.39 is 0 Å². The Morgan fingerprint density at radius 2 is 2.14 bits per heavy atom. The largest absolute Gasteiger partial charge is 0.496 e. The van der Waals surface area contributed by atoms with E-state index in [0.29, 0.717) is 5.02 Å². The zero-order valence-corrected chi connectivity index (χ0v) is 9.43. The van der Waals surface area contributed by atoms with E-state index in [1.165, 1.54) is 0 Å². The highest BCUT2D eigenvalue weighted by molar-refractivity contribution is 6.31. The number of hydrogen-bond donors (Lipinski definition) is 1. The van der Waals surface area contributed by atoms with Gasteiger partial charge in [0.1, 0.15) is 5.75 Å². The number of methoxy groups -OCH3 is 1. The molecule has 0 saturated carbocycles. The van der Waals surface area contributed by atoms with Crippen molar-refractivity contribution in [2.24, 2.45) is 0 Å². The van der Waals surface area contributed by atoms with Gasteiger partial charge in [-0.3, -0.25) is 0 Å². The highest BCUT2D eigenvalue weighted by Crippen LogP contribution is 2.31. The monoisotopic (exact) mass is 214 g/mol. The first-order valence-corrected chi connectivity index (χ1v) is 4.92. The van der Waals surface area contributed by atoms with Gasteiger partial charge in [-0.05, 0) is 24.6 Å². The Bertz CT molecular complexity index is 323. The number of halogens is 1. The van der Waals surface area contributed by atoms with Crippen LogP contribution >= 0.6 is 11.6 Å². The van der Waals surface area contributed by atoms with E-state index in [2.05, 4.69) is 0 Å². The third-order valence-electron chi connectivity index (χ3n) is 2.32. The highest BCUT2D eigenvalue weighted by atomic mass is 35.5. The highest BCUT2D eigenvalue weighted by Gasteiger charge is 2.12. The Hall–Kier alpha value is -0.730. The summed E-state index contributed by atoms with van der Waals surface area (Å²) in [7, 11) is 1.62. The topological polar surface area (TPSA) is 29.5 Å². The molecule has 0 aliphatic rings. The smallest absolute Gasteiger partial charge is 0.122 e. The molecule has 0 spiro atoms. The van der Waals surface area contributed by atoms with Gasteiger partial charge in [0.05, 0.1) is 7.11 Å². The van der Waals surface area contributed by atoms with Crippen molar-refractivity contribution in [1.29, 1.82) is 0 Å². The number of aliphatic hydroxyl groups excluding tert-OH is 1. The van der Waals surface area contributed by atoms with E-state index in [9.17, 15) is 0 Å². The minimum absolute atomic E-state index is 0.0445. The van der Waals surface area contributed by atoms with Crippen LogP contribution in [-0.4, -0.2) is 18.8 Å². The molecule has 0 fully saturated rings. The Balaban J connectivity index is 3.19. The summed E-state index contributed by atoms with van der Waals surface area (Å²) in [4.78, 5) is 0. The van der Waals surface area contributed by atoms with E-state index in [-0.39, 0.29) is 12.5 Å². The Kier molecular flexibility index (Phi) is 3.78. The maximum atomic E-state index is 9.07. The van der Waals surface area contributed by atoms with Crippen LogP contribution < -0.4 is 4.74 Å². The fourth-order valence-electron chi connectivity index (χ4n) is 1.33. The van der Waals surface area contributed by atoms with E-state index in [4.69, 9.17) is 21.4 Å². The Morgan fingerprint density at radius 3 is 2.64 bits per heavy atom.